The van der Waals surface area contributed by atoms with Gasteiger partial charge in [0, 0.05) is 11.9 Å². The topological polar surface area (TPSA) is 47.9 Å². The predicted octanol–water partition coefficient (Wildman–Crippen LogP) is 1.14. The third kappa shape index (κ3) is 2.63. The Balaban J connectivity index is 2.37. The Morgan fingerprint density at radius 1 is 1.82 bits per heavy atom. The van der Waals surface area contributed by atoms with Gasteiger partial charge in [-0.3, -0.25) is 5.41 Å². The number of halogens is 1. The van der Waals surface area contributed by atoms with Crippen LogP contribution in [0.5, 0.6) is 0 Å². The van der Waals surface area contributed by atoms with Crippen molar-refractivity contribution in [1.82, 2.24) is 10.6 Å². The molecule has 11 heavy (non-hydrogen) atoms. The largest absolute Gasteiger partial charge is 0.367 e. The van der Waals surface area contributed by atoms with Gasteiger partial charge in [0.1, 0.15) is 11.3 Å². The highest BCUT2D eigenvalue weighted by molar-refractivity contribution is 6.67. The first-order valence-corrected chi connectivity index (χ1v) is 3.68. The van der Waals surface area contributed by atoms with Crippen molar-refractivity contribution in [2.75, 3.05) is 0 Å². The number of rotatable bonds is 2. The molecule has 0 aromatic rings. The monoisotopic (exact) mass is 171 g/mol. The summed E-state index contributed by atoms with van der Waals surface area (Å²) in [6.45, 7) is 1.97. The van der Waals surface area contributed by atoms with E-state index in [1.165, 1.54) is 0 Å². The Kier molecular flexibility index (Phi) is 2.54. The van der Waals surface area contributed by atoms with Crippen molar-refractivity contribution in [3.8, 4) is 0 Å². The first-order valence-electron chi connectivity index (χ1n) is 3.30. The van der Waals surface area contributed by atoms with Crippen LogP contribution in [0.4, 0.5) is 0 Å². The quantitative estimate of drug-likeness (QED) is 0.546. The van der Waals surface area contributed by atoms with Crippen LogP contribution in [0.25, 0.3) is 0 Å². The molecule has 0 bridgehead atoms. The molecule has 3 nitrogen and oxygen atoms in total. The molecule has 0 saturated heterocycles. The molecule has 1 heterocycles. The van der Waals surface area contributed by atoms with Gasteiger partial charge >= 0.3 is 0 Å². The highest BCUT2D eigenvalue weighted by Crippen LogP contribution is 1.98. The van der Waals surface area contributed by atoms with Crippen molar-refractivity contribution in [2.24, 2.45) is 0 Å². The van der Waals surface area contributed by atoms with Crippen LogP contribution in [-0.2, 0) is 0 Å². The van der Waals surface area contributed by atoms with Gasteiger partial charge in [0.2, 0.25) is 0 Å². The van der Waals surface area contributed by atoms with Crippen molar-refractivity contribution < 1.29 is 0 Å². The fourth-order valence-corrected chi connectivity index (χ4v) is 0.901. The van der Waals surface area contributed by atoms with E-state index < -0.39 is 0 Å². The number of hydrogen-bond acceptors (Lipinski definition) is 3. The van der Waals surface area contributed by atoms with Crippen LogP contribution >= 0.6 is 11.6 Å². The van der Waals surface area contributed by atoms with Gasteiger partial charge in [0.15, 0.2) is 0 Å². The van der Waals surface area contributed by atoms with Crippen LogP contribution in [0.15, 0.2) is 24.0 Å². The van der Waals surface area contributed by atoms with Crippen molar-refractivity contribution in [3.63, 3.8) is 0 Å². The van der Waals surface area contributed by atoms with Crippen molar-refractivity contribution >= 4 is 16.8 Å². The fourth-order valence-electron chi connectivity index (χ4n) is 0.828. The summed E-state index contributed by atoms with van der Waals surface area (Å²) in [5.74, 6) is 0. The second-order valence-corrected chi connectivity index (χ2v) is 2.73. The minimum Gasteiger partial charge on any atom is -0.367 e. The van der Waals surface area contributed by atoms with Crippen molar-refractivity contribution in [2.45, 2.75) is 13.1 Å². The normalized spacial score (nSPS) is 22.7. The molecule has 0 radical (unpaired) electrons. The van der Waals surface area contributed by atoms with E-state index in [0.29, 0.717) is 0 Å². The molecular weight excluding hydrogens is 162 g/mol. The molecule has 0 fully saturated rings. The number of nitrogens with one attached hydrogen (secondary N) is 3. The molecule has 60 valence electrons. The molecule has 4 heteroatoms. The second-order valence-electron chi connectivity index (χ2n) is 2.32. The highest BCUT2D eigenvalue weighted by Gasteiger charge is 2.06. The van der Waals surface area contributed by atoms with E-state index in [4.69, 9.17) is 17.0 Å². The summed E-state index contributed by atoms with van der Waals surface area (Å²) in [5, 5.41) is 13.1. The van der Waals surface area contributed by atoms with Gasteiger partial charge in [0.05, 0.1) is 0 Å². The van der Waals surface area contributed by atoms with Crippen LogP contribution in [-0.4, -0.2) is 11.3 Å². The Morgan fingerprint density at radius 3 is 3.00 bits per heavy atom. The van der Waals surface area contributed by atoms with E-state index in [1.54, 1.807) is 12.2 Å². The lowest BCUT2D eigenvalue weighted by Crippen LogP contribution is -2.29. The summed E-state index contributed by atoms with van der Waals surface area (Å²) in [5.41, 5.74) is 1.08. The molecule has 3 N–H and O–H groups in total. The lowest BCUT2D eigenvalue weighted by molar-refractivity contribution is 0.673. The van der Waals surface area contributed by atoms with Crippen molar-refractivity contribution in [1.29, 1.82) is 5.41 Å². The standard InChI is InChI=1S/C7H10ClN3/c1-5-4-10-7(11-5)3-2-6(8)9/h2-4,7,9-11H,1H3/b3-2-,9-6?. The van der Waals surface area contributed by atoms with Gasteiger partial charge in [0.25, 0.3) is 0 Å². The fraction of sp³-hybridized carbons (Fsp3) is 0.286. The molecule has 1 aliphatic heterocycles. The molecule has 0 spiro atoms. The maximum Gasteiger partial charge on any atom is 0.120 e. The van der Waals surface area contributed by atoms with Gasteiger partial charge in [-0.2, -0.15) is 0 Å². The number of hydrogen-bond donors (Lipinski definition) is 3. The molecule has 1 aliphatic rings. The van der Waals surface area contributed by atoms with Crippen LogP contribution in [0, 0.1) is 5.41 Å². The lowest BCUT2D eigenvalue weighted by atomic mass is 10.4. The van der Waals surface area contributed by atoms with E-state index in [2.05, 4.69) is 10.6 Å². The van der Waals surface area contributed by atoms with E-state index in [9.17, 15) is 0 Å². The SMILES string of the molecule is CC1=CNC(/C=C\C(=N)Cl)N1. The minimum absolute atomic E-state index is 0.0400. The zero-order chi connectivity index (χ0) is 8.27. The van der Waals surface area contributed by atoms with Crippen LogP contribution < -0.4 is 10.6 Å². The molecule has 1 unspecified atom stereocenters. The third-order valence-electron chi connectivity index (χ3n) is 1.30. The summed E-state index contributed by atoms with van der Waals surface area (Å²) in [4.78, 5) is 0. The third-order valence-corrected chi connectivity index (χ3v) is 1.42. The average Bonchev–Trinajstić information content (AvgIpc) is 2.31. The van der Waals surface area contributed by atoms with Gasteiger partial charge in [-0.1, -0.05) is 11.6 Å². The maximum atomic E-state index is 6.91. The highest BCUT2D eigenvalue weighted by atomic mass is 35.5. The first kappa shape index (κ1) is 8.14. The van der Waals surface area contributed by atoms with Crippen LogP contribution in [0.1, 0.15) is 6.92 Å². The van der Waals surface area contributed by atoms with Crippen LogP contribution in [0.2, 0.25) is 0 Å². The molecule has 0 aliphatic carbocycles. The van der Waals surface area contributed by atoms with Gasteiger partial charge in [-0.05, 0) is 19.1 Å². The molecule has 0 aromatic heterocycles. The number of allylic oxidation sites excluding steroid dienone is 2. The van der Waals surface area contributed by atoms with E-state index in [-0.39, 0.29) is 11.3 Å². The minimum atomic E-state index is 0.0400. The molecule has 0 amide bonds. The maximum absolute atomic E-state index is 6.91. The van der Waals surface area contributed by atoms with Crippen LogP contribution in [0.3, 0.4) is 0 Å². The molecule has 1 rings (SSSR count). The molecular formula is C7H10ClN3. The Morgan fingerprint density at radius 2 is 2.55 bits per heavy atom. The zero-order valence-corrected chi connectivity index (χ0v) is 6.94. The van der Waals surface area contributed by atoms with Crippen molar-refractivity contribution in [3.05, 3.63) is 24.0 Å². The van der Waals surface area contributed by atoms with E-state index >= 15 is 0 Å². The predicted molar refractivity (Wildman–Crippen MR) is 46.5 cm³/mol. The molecule has 1 atom stereocenters. The summed E-state index contributed by atoms with van der Waals surface area (Å²) >= 11 is 5.32. The Hall–Kier alpha value is -0.960. The average molecular weight is 172 g/mol. The van der Waals surface area contributed by atoms with Gasteiger partial charge in [-0.15, -0.1) is 0 Å². The Bertz CT molecular complexity index is 220. The van der Waals surface area contributed by atoms with E-state index in [1.807, 2.05) is 13.1 Å². The second kappa shape index (κ2) is 3.44. The Labute approximate surface area is 70.6 Å². The molecule has 0 aromatic carbocycles. The summed E-state index contributed by atoms with van der Waals surface area (Å²) in [7, 11) is 0. The smallest absolute Gasteiger partial charge is 0.120 e. The van der Waals surface area contributed by atoms with E-state index in [0.717, 1.165) is 5.70 Å². The zero-order valence-electron chi connectivity index (χ0n) is 6.19. The van der Waals surface area contributed by atoms with Gasteiger partial charge in [-0.25, -0.2) is 0 Å². The summed E-state index contributed by atoms with van der Waals surface area (Å²) in [6, 6.07) is 0. The lowest BCUT2D eigenvalue weighted by Gasteiger charge is -2.06. The summed E-state index contributed by atoms with van der Waals surface area (Å²) < 4.78 is 0. The first-order chi connectivity index (χ1) is 5.18. The molecule has 0 saturated carbocycles. The van der Waals surface area contributed by atoms with Gasteiger partial charge < -0.3 is 10.6 Å². The summed E-state index contributed by atoms with van der Waals surface area (Å²) in [6.07, 6.45) is 5.29.